The quantitative estimate of drug-likeness (QED) is 0.616. The van der Waals surface area contributed by atoms with Gasteiger partial charge in [-0.1, -0.05) is 33.1 Å². The Morgan fingerprint density at radius 2 is 1.86 bits per heavy atom. The Bertz CT molecular complexity index is 509. The fourth-order valence-electron chi connectivity index (χ4n) is 2.10. The summed E-state index contributed by atoms with van der Waals surface area (Å²) in [5.41, 5.74) is 0. The van der Waals surface area contributed by atoms with Crippen LogP contribution in [0.1, 0.15) is 57.5 Å². The molecule has 1 aromatic rings. The minimum Gasteiger partial charge on any atom is -0.464 e. The van der Waals surface area contributed by atoms with Gasteiger partial charge in [0.25, 0.3) is 0 Å². The highest BCUT2D eigenvalue weighted by Gasteiger charge is 2.20. The van der Waals surface area contributed by atoms with E-state index >= 15 is 0 Å². The van der Waals surface area contributed by atoms with Gasteiger partial charge in [-0.05, 0) is 26.3 Å². The third kappa shape index (κ3) is 6.20. The van der Waals surface area contributed by atoms with Gasteiger partial charge in [0.1, 0.15) is 16.4 Å². The van der Waals surface area contributed by atoms with Gasteiger partial charge >= 0.3 is 0 Å². The Morgan fingerprint density at radius 1 is 1.10 bits per heavy atom. The lowest BCUT2D eigenvalue weighted by molar-refractivity contribution is 0.457. The van der Waals surface area contributed by atoms with E-state index < -0.39 is 10.0 Å². The average molecular weight is 316 g/mol. The molecule has 1 aromatic heterocycles. The number of furan rings is 1. The second-order valence-corrected chi connectivity index (χ2v) is 7.00. The minimum atomic E-state index is -3.46. The second-order valence-electron chi connectivity index (χ2n) is 5.27. The SMILES string of the molecule is CCCCCCNS(=O)(=O)c1cc(CNCCC)oc1C. The summed E-state index contributed by atoms with van der Waals surface area (Å²) in [5.74, 6) is 1.11. The zero-order valence-electron chi connectivity index (χ0n) is 13.4. The van der Waals surface area contributed by atoms with Crippen LogP contribution in [-0.2, 0) is 16.6 Å². The van der Waals surface area contributed by atoms with Crippen molar-refractivity contribution in [3.05, 3.63) is 17.6 Å². The zero-order valence-corrected chi connectivity index (χ0v) is 14.2. The van der Waals surface area contributed by atoms with Crippen molar-refractivity contribution >= 4 is 10.0 Å². The molecular weight excluding hydrogens is 288 g/mol. The smallest absolute Gasteiger partial charge is 0.244 e. The predicted molar refractivity (Wildman–Crippen MR) is 84.8 cm³/mol. The molecule has 0 spiro atoms. The first-order valence-corrected chi connectivity index (χ1v) is 9.29. The van der Waals surface area contributed by atoms with Crippen molar-refractivity contribution in [2.45, 2.75) is 64.3 Å². The summed E-state index contributed by atoms with van der Waals surface area (Å²) >= 11 is 0. The van der Waals surface area contributed by atoms with Crippen molar-refractivity contribution in [1.29, 1.82) is 0 Å². The first-order chi connectivity index (χ1) is 10.0. The highest BCUT2D eigenvalue weighted by molar-refractivity contribution is 7.89. The van der Waals surface area contributed by atoms with Gasteiger partial charge < -0.3 is 9.73 Å². The molecule has 5 nitrogen and oxygen atoms in total. The van der Waals surface area contributed by atoms with Gasteiger partial charge in [0, 0.05) is 12.6 Å². The summed E-state index contributed by atoms with van der Waals surface area (Å²) in [5, 5.41) is 3.20. The van der Waals surface area contributed by atoms with E-state index in [0.717, 1.165) is 38.6 Å². The van der Waals surface area contributed by atoms with Crippen LogP contribution in [0.3, 0.4) is 0 Å². The standard InChI is InChI=1S/C15H28N2O3S/c1-4-6-7-8-10-17-21(18,19)15-11-14(20-13(15)3)12-16-9-5-2/h11,16-17H,4-10,12H2,1-3H3. The van der Waals surface area contributed by atoms with E-state index in [0.29, 0.717) is 24.6 Å². The lowest BCUT2D eigenvalue weighted by Crippen LogP contribution is -2.25. The molecule has 21 heavy (non-hydrogen) atoms. The van der Waals surface area contributed by atoms with Crippen molar-refractivity contribution in [2.24, 2.45) is 0 Å². The van der Waals surface area contributed by atoms with Crippen LogP contribution in [-0.4, -0.2) is 21.5 Å². The number of nitrogens with one attached hydrogen (secondary N) is 2. The van der Waals surface area contributed by atoms with Crippen LogP contribution in [0.4, 0.5) is 0 Å². The molecule has 0 bridgehead atoms. The Labute approximate surface area is 128 Å². The number of unbranched alkanes of at least 4 members (excludes halogenated alkanes) is 3. The summed E-state index contributed by atoms with van der Waals surface area (Å²) in [7, 11) is -3.46. The molecule has 122 valence electrons. The molecule has 0 unspecified atom stereocenters. The number of rotatable bonds is 11. The summed E-state index contributed by atoms with van der Waals surface area (Å²) in [6, 6.07) is 1.62. The number of hydrogen-bond donors (Lipinski definition) is 2. The first-order valence-electron chi connectivity index (χ1n) is 7.81. The van der Waals surface area contributed by atoms with Gasteiger partial charge in [-0.2, -0.15) is 0 Å². The summed E-state index contributed by atoms with van der Waals surface area (Å²) in [6.45, 7) is 7.83. The number of sulfonamides is 1. The third-order valence-electron chi connectivity index (χ3n) is 3.26. The predicted octanol–water partition coefficient (Wildman–Crippen LogP) is 2.95. The monoisotopic (exact) mass is 316 g/mol. The maximum atomic E-state index is 12.2. The average Bonchev–Trinajstić information content (AvgIpc) is 2.81. The largest absolute Gasteiger partial charge is 0.464 e. The highest BCUT2D eigenvalue weighted by atomic mass is 32.2. The van der Waals surface area contributed by atoms with E-state index in [9.17, 15) is 8.42 Å². The van der Waals surface area contributed by atoms with Crippen LogP contribution < -0.4 is 10.0 Å². The number of hydrogen-bond acceptors (Lipinski definition) is 4. The number of aryl methyl sites for hydroxylation is 1. The van der Waals surface area contributed by atoms with E-state index in [1.807, 2.05) is 0 Å². The van der Waals surface area contributed by atoms with Crippen molar-refractivity contribution in [1.82, 2.24) is 10.0 Å². The fourth-order valence-corrected chi connectivity index (χ4v) is 3.38. The summed E-state index contributed by atoms with van der Waals surface area (Å²) < 4.78 is 32.6. The first kappa shape index (κ1) is 18.2. The molecule has 2 N–H and O–H groups in total. The maximum Gasteiger partial charge on any atom is 0.244 e. The molecule has 0 aromatic carbocycles. The second kappa shape index (κ2) is 9.23. The molecule has 1 heterocycles. The molecule has 0 amide bonds. The molecule has 0 saturated heterocycles. The Kier molecular flexibility index (Phi) is 8.00. The van der Waals surface area contributed by atoms with E-state index in [2.05, 4.69) is 23.9 Å². The summed E-state index contributed by atoms with van der Waals surface area (Å²) in [4.78, 5) is 0.256. The van der Waals surface area contributed by atoms with E-state index in [-0.39, 0.29) is 4.90 Å². The molecule has 0 atom stereocenters. The highest BCUT2D eigenvalue weighted by Crippen LogP contribution is 2.19. The lowest BCUT2D eigenvalue weighted by atomic mass is 10.2. The van der Waals surface area contributed by atoms with Crippen molar-refractivity contribution in [3.63, 3.8) is 0 Å². The van der Waals surface area contributed by atoms with Gasteiger partial charge in [-0.25, -0.2) is 13.1 Å². The minimum absolute atomic E-state index is 0.256. The van der Waals surface area contributed by atoms with Gasteiger partial charge in [-0.15, -0.1) is 0 Å². The van der Waals surface area contributed by atoms with Crippen LogP contribution in [0.15, 0.2) is 15.4 Å². The van der Waals surface area contributed by atoms with Crippen LogP contribution in [0, 0.1) is 6.92 Å². The third-order valence-corrected chi connectivity index (χ3v) is 4.83. The molecule has 0 saturated carbocycles. The van der Waals surface area contributed by atoms with E-state index in [1.165, 1.54) is 0 Å². The van der Waals surface area contributed by atoms with Gasteiger partial charge in [0.05, 0.1) is 6.54 Å². The Morgan fingerprint density at radius 3 is 2.52 bits per heavy atom. The molecule has 6 heteroatoms. The van der Waals surface area contributed by atoms with Crippen molar-refractivity contribution in [2.75, 3.05) is 13.1 Å². The molecule has 0 aliphatic heterocycles. The van der Waals surface area contributed by atoms with Crippen LogP contribution in [0.2, 0.25) is 0 Å². The lowest BCUT2D eigenvalue weighted by Gasteiger charge is -2.05. The van der Waals surface area contributed by atoms with Gasteiger partial charge in [0.15, 0.2) is 0 Å². The van der Waals surface area contributed by atoms with E-state index in [1.54, 1.807) is 13.0 Å². The zero-order chi connectivity index (χ0) is 15.7. The van der Waals surface area contributed by atoms with Crippen LogP contribution in [0.25, 0.3) is 0 Å². The van der Waals surface area contributed by atoms with Gasteiger partial charge in [-0.3, -0.25) is 0 Å². The molecule has 0 aliphatic carbocycles. The summed E-state index contributed by atoms with van der Waals surface area (Å²) in [6.07, 6.45) is 5.23. The molecule has 1 rings (SSSR count). The fraction of sp³-hybridized carbons (Fsp3) is 0.733. The Balaban J connectivity index is 2.57. The normalized spacial score (nSPS) is 12.0. The molecule has 0 fully saturated rings. The van der Waals surface area contributed by atoms with Crippen LogP contribution in [0.5, 0.6) is 0 Å². The molecule has 0 radical (unpaired) electrons. The van der Waals surface area contributed by atoms with Crippen molar-refractivity contribution in [3.8, 4) is 0 Å². The molecule has 0 aliphatic rings. The van der Waals surface area contributed by atoms with Crippen molar-refractivity contribution < 1.29 is 12.8 Å². The Hall–Kier alpha value is -0.850. The topological polar surface area (TPSA) is 71.3 Å². The maximum absolute atomic E-state index is 12.2. The van der Waals surface area contributed by atoms with E-state index in [4.69, 9.17) is 4.42 Å². The molecular formula is C15H28N2O3S. The van der Waals surface area contributed by atoms with Gasteiger partial charge in [0.2, 0.25) is 10.0 Å². The van der Waals surface area contributed by atoms with Crippen LogP contribution >= 0.6 is 0 Å².